The minimum absolute atomic E-state index is 0.00792. The number of pyridine rings is 1. The van der Waals surface area contributed by atoms with Crippen molar-refractivity contribution in [1.82, 2.24) is 10.3 Å². The fourth-order valence-corrected chi connectivity index (χ4v) is 4.06. The van der Waals surface area contributed by atoms with Crippen LogP contribution >= 0.6 is 0 Å². The average Bonchev–Trinajstić information content (AvgIpc) is 3.04. The Morgan fingerprint density at radius 2 is 1.86 bits per heavy atom. The number of hydrogen-bond acceptors (Lipinski definition) is 2. The van der Waals surface area contributed by atoms with Crippen LogP contribution < -0.4 is 5.32 Å². The van der Waals surface area contributed by atoms with E-state index in [1.807, 2.05) is 12.3 Å². The van der Waals surface area contributed by atoms with Gasteiger partial charge in [-0.3, -0.25) is 4.98 Å². The van der Waals surface area contributed by atoms with Crippen molar-refractivity contribution in [2.75, 3.05) is 13.1 Å². The molecule has 1 aromatic carbocycles. The van der Waals surface area contributed by atoms with E-state index in [9.17, 15) is 0 Å². The lowest BCUT2D eigenvalue weighted by Crippen LogP contribution is -2.43. The molecule has 0 amide bonds. The van der Waals surface area contributed by atoms with Crippen molar-refractivity contribution in [2.24, 2.45) is 11.8 Å². The summed E-state index contributed by atoms with van der Waals surface area (Å²) in [5.41, 5.74) is 2.60. The van der Waals surface area contributed by atoms with Crippen molar-refractivity contribution in [3.8, 4) is 0 Å². The van der Waals surface area contributed by atoms with Crippen LogP contribution in [0.4, 0.5) is 0 Å². The molecule has 2 heteroatoms. The molecule has 21 heavy (non-hydrogen) atoms. The van der Waals surface area contributed by atoms with E-state index in [2.05, 4.69) is 61.6 Å². The Morgan fingerprint density at radius 1 is 1.10 bits per heavy atom. The Balaban J connectivity index is 2.21. The third-order valence-corrected chi connectivity index (χ3v) is 4.96. The van der Waals surface area contributed by atoms with Crippen molar-refractivity contribution in [3.05, 3.63) is 66.0 Å². The van der Waals surface area contributed by atoms with E-state index in [-0.39, 0.29) is 5.41 Å². The molecule has 2 heterocycles. The molecule has 1 aromatic heterocycles. The number of rotatable bonds is 4. The fourth-order valence-electron chi connectivity index (χ4n) is 4.06. The Hall–Kier alpha value is -1.67. The number of hydrogen-bond donors (Lipinski definition) is 1. The zero-order valence-corrected chi connectivity index (χ0v) is 12.9. The van der Waals surface area contributed by atoms with Crippen molar-refractivity contribution in [2.45, 2.75) is 25.7 Å². The molecule has 3 rings (SSSR count). The molecule has 0 saturated carbocycles. The SMILES string of the molecule is CC(C)C(c1ccccc1)(c1ccccn1)C1CCNC1. The Morgan fingerprint density at radius 3 is 2.43 bits per heavy atom. The number of aromatic nitrogens is 1. The standard InChI is InChI=1S/C19H24N2/c1-15(2)19(17-11-13-20-14-17,16-8-4-3-5-9-16)18-10-6-7-12-21-18/h3-10,12,15,17,20H,11,13-14H2,1-2H3. The summed E-state index contributed by atoms with van der Waals surface area (Å²) in [5.74, 6) is 1.09. The van der Waals surface area contributed by atoms with Gasteiger partial charge in [0.25, 0.3) is 0 Å². The van der Waals surface area contributed by atoms with E-state index in [0.717, 1.165) is 13.1 Å². The molecule has 1 fully saturated rings. The second kappa shape index (κ2) is 5.98. The van der Waals surface area contributed by atoms with Crippen LogP contribution in [0.15, 0.2) is 54.7 Å². The lowest BCUT2D eigenvalue weighted by Gasteiger charge is -2.43. The van der Waals surface area contributed by atoms with Gasteiger partial charge in [0.15, 0.2) is 0 Å². The van der Waals surface area contributed by atoms with Gasteiger partial charge in [0.05, 0.1) is 5.69 Å². The molecular formula is C19H24N2. The summed E-state index contributed by atoms with van der Waals surface area (Å²) in [7, 11) is 0. The fraction of sp³-hybridized carbons (Fsp3) is 0.421. The average molecular weight is 280 g/mol. The zero-order chi connectivity index (χ0) is 14.7. The zero-order valence-electron chi connectivity index (χ0n) is 12.9. The van der Waals surface area contributed by atoms with Crippen molar-refractivity contribution < 1.29 is 0 Å². The third-order valence-electron chi connectivity index (χ3n) is 4.96. The van der Waals surface area contributed by atoms with Crippen LogP contribution in [-0.2, 0) is 5.41 Å². The van der Waals surface area contributed by atoms with Gasteiger partial charge in [-0.15, -0.1) is 0 Å². The third kappa shape index (κ3) is 2.38. The molecule has 0 radical (unpaired) electrons. The van der Waals surface area contributed by atoms with E-state index in [0.29, 0.717) is 11.8 Å². The number of nitrogens with zero attached hydrogens (tertiary/aromatic N) is 1. The quantitative estimate of drug-likeness (QED) is 0.925. The minimum Gasteiger partial charge on any atom is -0.316 e. The molecule has 0 spiro atoms. The second-order valence-corrected chi connectivity index (χ2v) is 6.29. The second-order valence-electron chi connectivity index (χ2n) is 6.29. The molecule has 2 unspecified atom stereocenters. The maximum Gasteiger partial charge on any atom is 0.0515 e. The molecular weight excluding hydrogens is 256 g/mol. The Bertz CT molecular complexity index is 517. The molecule has 1 saturated heterocycles. The summed E-state index contributed by atoms with van der Waals surface area (Å²) in [6.45, 7) is 6.85. The summed E-state index contributed by atoms with van der Waals surface area (Å²) < 4.78 is 0. The lowest BCUT2D eigenvalue weighted by atomic mass is 9.61. The van der Waals surface area contributed by atoms with E-state index in [4.69, 9.17) is 4.98 Å². The number of nitrogens with one attached hydrogen (secondary N) is 1. The molecule has 2 nitrogen and oxygen atoms in total. The maximum atomic E-state index is 4.77. The van der Waals surface area contributed by atoms with E-state index in [1.54, 1.807) is 0 Å². The van der Waals surface area contributed by atoms with Gasteiger partial charge in [-0.25, -0.2) is 0 Å². The van der Waals surface area contributed by atoms with Gasteiger partial charge < -0.3 is 5.32 Å². The maximum absolute atomic E-state index is 4.77. The number of benzene rings is 1. The first kappa shape index (κ1) is 14.3. The molecule has 0 bridgehead atoms. The van der Waals surface area contributed by atoms with E-state index >= 15 is 0 Å². The van der Waals surface area contributed by atoms with Crippen LogP contribution in [0.3, 0.4) is 0 Å². The monoisotopic (exact) mass is 280 g/mol. The highest BCUT2D eigenvalue weighted by Gasteiger charge is 2.46. The van der Waals surface area contributed by atoms with Gasteiger partial charge in [-0.2, -0.15) is 0 Å². The first-order valence-electron chi connectivity index (χ1n) is 7.94. The van der Waals surface area contributed by atoms with Crippen LogP contribution in [0.25, 0.3) is 0 Å². The summed E-state index contributed by atoms with van der Waals surface area (Å²) in [5, 5.41) is 3.54. The molecule has 1 aliphatic rings. The molecule has 110 valence electrons. The van der Waals surface area contributed by atoms with E-state index in [1.165, 1.54) is 17.7 Å². The van der Waals surface area contributed by atoms with Crippen LogP contribution in [0.1, 0.15) is 31.5 Å². The Kier molecular flexibility index (Phi) is 4.07. The summed E-state index contributed by atoms with van der Waals surface area (Å²) in [6.07, 6.45) is 3.14. The minimum atomic E-state index is -0.00792. The van der Waals surface area contributed by atoms with Crippen LogP contribution in [-0.4, -0.2) is 18.1 Å². The molecule has 1 aliphatic heterocycles. The largest absolute Gasteiger partial charge is 0.316 e. The van der Waals surface area contributed by atoms with Crippen LogP contribution in [0.2, 0.25) is 0 Å². The smallest absolute Gasteiger partial charge is 0.0515 e. The van der Waals surface area contributed by atoms with Crippen molar-refractivity contribution in [3.63, 3.8) is 0 Å². The molecule has 1 N–H and O–H groups in total. The van der Waals surface area contributed by atoms with Crippen molar-refractivity contribution in [1.29, 1.82) is 0 Å². The highest BCUT2D eigenvalue weighted by molar-refractivity contribution is 5.38. The first-order chi connectivity index (χ1) is 10.3. The highest BCUT2D eigenvalue weighted by Crippen LogP contribution is 2.46. The molecule has 0 aliphatic carbocycles. The van der Waals surface area contributed by atoms with Crippen LogP contribution in [0, 0.1) is 11.8 Å². The van der Waals surface area contributed by atoms with Gasteiger partial charge >= 0.3 is 0 Å². The van der Waals surface area contributed by atoms with Gasteiger partial charge in [0.2, 0.25) is 0 Å². The topological polar surface area (TPSA) is 24.9 Å². The molecule has 2 aromatic rings. The summed E-state index contributed by atoms with van der Waals surface area (Å²) in [6, 6.07) is 17.3. The van der Waals surface area contributed by atoms with Gasteiger partial charge in [-0.05, 0) is 49.0 Å². The normalized spacial score (nSPS) is 21.4. The highest BCUT2D eigenvalue weighted by atomic mass is 14.9. The van der Waals surface area contributed by atoms with Gasteiger partial charge in [0, 0.05) is 11.6 Å². The molecule has 2 atom stereocenters. The van der Waals surface area contributed by atoms with Gasteiger partial charge in [0.1, 0.15) is 0 Å². The first-order valence-corrected chi connectivity index (χ1v) is 7.94. The van der Waals surface area contributed by atoms with Gasteiger partial charge in [-0.1, -0.05) is 50.2 Å². The Labute approximate surface area is 127 Å². The predicted molar refractivity (Wildman–Crippen MR) is 87.3 cm³/mol. The van der Waals surface area contributed by atoms with E-state index < -0.39 is 0 Å². The lowest BCUT2D eigenvalue weighted by molar-refractivity contribution is 0.248. The predicted octanol–water partition coefficient (Wildman–Crippen LogP) is 3.63. The summed E-state index contributed by atoms with van der Waals surface area (Å²) >= 11 is 0. The van der Waals surface area contributed by atoms with Crippen molar-refractivity contribution >= 4 is 0 Å². The summed E-state index contributed by atoms with van der Waals surface area (Å²) in [4.78, 5) is 4.77. The van der Waals surface area contributed by atoms with Crippen LogP contribution in [0.5, 0.6) is 0 Å².